The first-order valence-electron chi connectivity index (χ1n) is 4.40. The SMILES string of the molecule is FC(F)(F)c1ccc(-c2ccc(Br)o2)cc1. The Hall–Kier alpha value is -1.23. The van der Waals surface area contributed by atoms with E-state index in [4.69, 9.17) is 4.42 Å². The molecule has 0 aliphatic rings. The van der Waals surface area contributed by atoms with Crippen molar-refractivity contribution in [2.45, 2.75) is 6.18 Å². The topological polar surface area (TPSA) is 13.1 Å². The zero-order chi connectivity index (χ0) is 11.8. The molecule has 0 saturated carbocycles. The highest BCUT2D eigenvalue weighted by Gasteiger charge is 2.30. The van der Waals surface area contributed by atoms with Crippen molar-refractivity contribution in [3.63, 3.8) is 0 Å². The molecule has 0 atom stereocenters. The summed E-state index contributed by atoms with van der Waals surface area (Å²) in [4.78, 5) is 0. The van der Waals surface area contributed by atoms with Gasteiger partial charge in [-0.1, -0.05) is 12.1 Å². The summed E-state index contributed by atoms with van der Waals surface area (Å²) < 4.78 is 42.7. The molecule has 1 nitrogen and oxygen atoms in total. The van der Waals surface area contributed by atoms with Crippen LogP contribution in [0, 0.1) is 0 Å². The summed E-state index contributed by atoms with van der Waals surface area (Å²) in [5, 5.41) is 0. The van der Waals surface area contributed by atoms with E-state index in [1.54, 1.807) is 12.1 Å². The van der Waals surface area contributed by atoms with Crippen LogP contribution < -0.4 is 0 Å². The van der Waals surface area contributed by atoms with Crippen LogP contribution in [0.3, 0.4) is 0 Å². The maximum atomic E-state index is 12.3. The van der Waals surface area contributed by atoms with Crippen LogP contribution in [0.15, 0.2) is 45.5 Å². The Morgan fingerprint density at radius 3 is 2.00 bits per heavy atom. The Morgan fingerprint density at radius 1 is 0.938 bits per heavy atom. The minimum absolute atomic E-state index is 0.528. The molecule has 0 saturated heterocycles. The molecule has 0 fully saturated rings. The van der Waals surface area contributed by atoms with Gasteiger partial charge in [0.25, 0.3) is 0 Å². The highest BCUT2D eigenvalue weighted by Crippen LogP contribution is 2.31. The number of furan rings is 1. The summed E-state index contributed by atoms with van der Waals surface area (Å²) >= 11 is 3.13. The van der Waals surface area contributed by atoms with Gasteiger partial charge >= 0.3 is 6.18 Å². The third-order valence-electron chi connectivity index (χ3n) is 2.07. The fourth-order valence-corrected chi connectivity index (χ4v) is 1.60. The lowest BCUT2D eigenvalue weighted by atomic mass is 10.1. The molecule has 16 heavy (non-hydrogen) atoms. The van der Waals surface area contributed by atoms with Gasteiger partial charge < -0.3 is 4.42 Å². The van der Waals surface area contributed by atoms with Crippen LogP contribution >= 0.6 is 15.9 Å². The van der Waals surface area contributed by atoms with Crippen molar-refractivity contribution < 1.29 is 17.6 Å². The zero-order valence-electron chi connectivity index (χ0n) is 7.88. The van der Waals surface area contributed by atoms with Crippen LogP contribution in [0.25, 0.3) is 11.3 Å². The van der Waals surface area contributed by atoms with Crippen LogP contribution in [-0.2, 0) is 6.18 Å². The number of hydrogen-bond donors (Lipinski definition) is 0. The molecule has 0 radical (unpaired) electrons. The van der Waals surface area contributed by atoms with E-state index >= 15 is 0 Å². The summed E-state index contributed by atoms with van der Waals surface area (Å²) in [6.45, 7) is 0. The molecule has 1 heterocycles. The number of benzene rings is 1. The smallest absolute Gasteiger partial charge is 0.416 e. The monoisotopic (exact) mass is 290 g/mol. The van der Waals surface area contributed by atoms with E-state index in [1.165, 1.54) is 12.1 Å². The molecular formula is C11H6BrF3O. The number of halogens is 4. The van der Waals surface area contributed by atoms with Gasteiger partial charge in [0.2, 0.25) is 0 Å². The first-order valence-corrected chi connectivity index (χ1v) is 5.19. The Morgan fingerprint density at radius 2 is 1.56 bits per heavy atom. The van der Waals surface area contributed by atoms with E-state index in [2.05, 4.69) is 15.9 Å². The maximum Gasteiger partial charge on any atom is 0.416 e. The lowest BCUT2D eigenvalue weighted by Gasteiger charge is -2.06. The molecule has 5 heteroatoms. The molecule has 0 unspecified atom stereocenters. The highest BCUT2D eigenvalue weighted by atomic mass is 79.9. The van der Waals surface area contributed by atoms with Crippen LogP contribution in [0.5, 0.6) is 0 Å². The van der Waals surface area contributed by atoms with Crippen molar-refractivity contribution in [1.82, 2.24) is 0 Å². The second kappa shape index (κ2) is 3.97. The third-order valence-corrected chi connectivity index (χ3v) is 2.50. The second-order valence-corrected chi connectivity index (χ2v) is 3.96. The van der Waals surface area contributed by atoms with Crippen molar-refractivity contribution in [1.29, 1.82) is 0 Å². The molecule has 1 aromatic heterocycles. The molecule has 2 rings (SSSR count). The average molecular weight is 291 g/mol. The van der Waals surface area contributed by atoms with Gasteiger partial charge in [-0.15, -0.1) is 0 Å². The van der Waals surface area contributed by atoms with Gasteiger partial charge in [0, 0.05) is 5.56 Å². The first-order chi connectivity index (χ1) is 7.47. The van der Waals surface area contributed by atoms with Gasteiger partial charge in [-0.05, 0) is 40.2 Å². The van der Waals surface area contributed by atoms with Gasteiger partial charge in [0.05, 0.1) is 5.56 Å². The highest BCUT2D eigenvalue weighted by molar-refractivity contribution is 9.10. The van der Waals surface area contributed by atoms with Gasteiger partial charge in [-0.25, -0.2) is 0 Å². The largest absolute Gasteiger partial charge is 0.449 e. The molecule has 0 aliphatic heterocycles. The average Bonchev–Trinajstić information content (AvgIpc) is 2.64. The molecular weight excluding hydrogens is 285 g/mol. The molecule has 84 valence electrons. The summed E-state index contributed by atoms with van der Waals surface area (Å²) in [6.07, 6.45) is -4.30. The van der Waals surface area contributed by atoms with Gasteiger partial charge in [0.1, 0.15) is 5.76 Å². The fourth-order valence-electron chi connectivity index (χ4n) is 1.29. The van der Waals surface area contributed by atoms with E-state index < -0.39 is 11.7 Å². The minimum Gasteiger partial charge on any atom is -0.449 e. The van der Waals surface area contributed by atoms with Crippen LogP contribution in [0.1, 0.15) is 5.56 Å². The number of hydrogen-bond acceptors (Lipinski definition) is 1. The second-order valence-electron chi connectivity index (χ2n) is 3.18. The van der Waals surface area contributed by atoms with Crippen LogP contribution in [0.4, 0.5) is 13.2 Å². The van der Waals surface area contributed by atoms with Crippen molar-refractivity contribution in [2.24, 2.45) is 0 Å². The molecule has 0 N–H and O–H groups in total. The summed E-state index contributed by atoms with van der Waals surface area (Å²) in [5.74, 6) is 0.528. The standard InChI is InChI=1S/C11H6BrF3O/c12-10-6-5-9(16-10)7-1-3-8(4-2-7)11(13,14)15/h1-6H. The molecule has 2 aromatic rings. The van der Waals surface area contributed by atoms with E-state index in [0.717, 1.165) is 12.1 Å². The van der Waals surface area contributed by atoms with E-state index in [0.29, 0.717) is 16.0 Å². The lowest BCUT2D eigenvalue weighted by molar-refractivity contribution is -0.137. The van der Waals surface area contributed by atoms with Crippen molar-refractivity contribution in [2.75, 3.05) is 0 Å². The molecule has 0 aliphatic carbocycles. The van der Waals surface area contributed by atoms with Crippen molar-refractivity contribution in [3.8, 4) is 11.3 Å². The first kappa shape index (κ1) is 11.3. The molecule has 0 spiro atoms. The van der Waals surface area contributed by atoms with Gasteiger partial charge in [-0.2, -0.15) is 13.2 Å². The normalized spacial score (nSPS) is 11.8. The molecule has 1 aromatic carbocycles. The predicted molar refractivity (Wildman–Crippen MR) is 56.8 cm³/mol. The van der Waals surface area contributed by atoms with Crippen LogP contribution in [-0.4, -0.2) is 0 Å². The van der Waals surface area contributed by atoms with Crippen molar-refractivity contribution >= 4 is 15.9 Å². The number of alkyl halides is 3. The predicted octanol–water partition coefficient (Wildman–Crippen LogP) is 4.73. The van der Waals surface area contributed by atoms with Gasteiger partial charge in [-0.3, -0.25) is 0 Å². The molecule has 0 bridgehead atoms. The Labute approximate surface area is 98.0 Å². The Balaban J connectivity index is 2.33. The lowest BCUT2D eigenvalue weighted by Crippen LogP contribution is -2.03. The minimum atomic E-state index is -4.30. The van der Waals surface area contributed by atoms with Crippen molar-refractivity contribution in [3.05, 3.63) is 46.6 Å². The van der Waals surface area contributed by atoms with Crippen LogP contribution in [0.2, 0.25) is 0 Å². The van der Waals surface area contributed by atoms with E-state index in [1.807, 2.05) is 0 Å². The maximum absolute atomic E-state index is 12.3. The fraction of sp³-hybridized carbons (Fsp3) is 0.0909. The number of rotatable bonds is 1. The quantitative estimate of drug-likeness (QED) is 0.740. The summed E-state index contributed by atoms with van der Waals surface area (Å²) in [5.41, 5.74) is -0.0550. The third kappa shape index (κ3) is 2.29. The van der Waals surface area contributed by atoms with E-state index in [9.17, 15) is 13.2 Å². The summed E-state index contributed by atoms with van der Waals surface area (Å²) in [7, 11) is 0. The summed E-state index contributed by atoms with van der Waals surface area (Å²) in [6, 6.07) is 8.21. The zero-order valence-corrected chi connectivity index (χ0v) is 9.47. The Kier molecular flexibility index (Phi) is 2.80. The Bertz CT molecular complexity index is 485. The van der Waals surface area contributed by atoms with E-state index in [-0.39, 0.29) is 0 Å². The molecule has 0 amide bonds. The van der Waals surface area contributed by atoms with Gasteiger partial charge in [0.15, 0.2) is 4.67 Å².